The van der Waals surface area contributed by atoms with E-state index in [1.807, 2.05) is 0 Å². The molecule has 0 radical (unpaired) electrons. The van der Waals surface area contributed by atoms with Gasteiger partial charge in [0.05, 0.1) is 0 Å². The summed E-state index contributed by atoms with van der Waals surface area (Å²) in [6.07, 6.45) is 0. The Labute approximate surface area is 114 Å². The molecular formula is C16H18I+. The number of hydrogen-bond acceptors (Lipinski definition) is 0. The molecule has 2 aromatic rings. The third kappa shape index (κ3) is 3.09. The minimum absolute atomic E-state index is 0.0443. The molecule has 0 unspecified atom stereocenters. The van der Waals surface area contributed by atoms with Crippen molar-refractivity contribution in [3.8, 4) is 0 Å². The number of rotatable bonds is 2. The number of benzene rings is 2. The predicted molar refractivity (Wildman–Crippen MR) is 69.2 cm³/mol. The van der Waals surface area contributed by atoms with Crippen LogP contribution in [0.2, 0.25) is 0 Å². The van der Waals surface area contributed by atoms with Gasteiger partial charge in [-0.15, -0.1) is 0 Å². The van der Waals surface area contributed by atoms with Crippen LogP contribution in [0.25, 0.3) is 0 Å². The molecule has 0 aliphatic heterocycles. The Morgan fingerprint density at radius 2 is 1.41 bits per heavy atom. The molecule has 2 aromatic carbocycles. The summed E-state index contributed by atoms with van der Waals surface area (Å²) in [5.41, 5.74) is 5.65. The summed E-state index contributed by atoms with van der Waals surface area (Å²) >= 11 is -0.0443. The minimum Gasteiger partial charge on any atom is -0.0590 e. The van der Waals surface area contributed by atoms with Crippen LogP contribution in [0.4, 0.5) is 0 Å². The van der Waals surface area contributed by atoms with E-state index in [2.05, 4.69) is 64.1 Å². The Hall–Kier alpha value is -0.830. The van der Waals surface area contributed by atoms with E-state index in [0.717, 1.165) is 0 Å². The molecule has 0 saturated heterocycles. The fourth-order valence-electron chi connectivity index (χ4n) is 2.08. The standard InChI is InChI=1S/C16H18I/c1-11-6-5-7-15(10-11)17-16-13(3)8-12(2)9-14(16)4/h5-10H,1-4H3/q+1. The summed E-state index contributed by atoms with van der Waals surface area (Å²) in [5, 5.41) is 0. The Morgan fingerprint density at radius 1 is 0.765 bits per heavy atom. The van der Waals surface area contributed by atoms with Gasteiger partial charge < -0.3 is 0 Å². The van der Waals surface area contributed by atoms with Gasteiger partial charge in [0, 0.05) is 11.1 Å². The van der Waals surface area contributed by atoms with Crippen LogP contribution >= 0.6 is 0 Å². The van der Waals surface area contributed by atoms with Gasteiger partial charge in [0.2, 0.25) is 0 Å². The van der Waals surface area contributed by atoms with Crippen molar-refractivity contribution in [3.63, 3.8) is 0 Å². The lowest BCUT2D eigenvalue weighted by molar-refractivity contribution is -0.598. The summed E-state index contributed by atoms with van der Waals surface area (Å²) in [5.74, 6) is 0. The first-order chi connectivity index (χ1) is 8.06. The smallest absolute Gasteiger partial charge is 0.0590 e. The Kier molecular flexibility index (Phi) is 3.87. The summed E-state index contributed by atoms with van der Waals surface area (Å²) in [6.45, 7) is 8.83. The first-order valence-electron chi connectivity index (χ1n) is 5.85. The fraction of sp³-hybridized carbons (Fsp3) is 0.250. The van der Waals surface area contributed by atoms with Crippen molar-refractivity contribution in [2.45, 2.75) is 27.7 Å². The monoisotopic (exact) mass is 337 g/mol. The molecule has 0 heterocycles. The van der Waals surface area contributed by atoms with E-state index in [9.17, 15) is 0 Å². The van der Waals surface area contributed by atoms with Crippen molar-refractivity contribution in [3.05, 3.63) is 65.8 Å². The van der Waals surface area contributed by atoms with Crippen molar-refractivity contribution < 1.29 is 21.2 Å². The molecule has 0 atom stereocenters. The highest BCUT2D eigenvalue weighted by Gasteiger charge is 2.21. The molecule has 1 heteroatoms. The van der Waals surface area contributed by atoms with Crippen molar-refractivity contribution in [2.75, 3.05) is 0 Å². The second kappa shape index (κ2) is 5.21. The molecular weight excluding hydrogens is 319 g/mol. The molecule has 2 rings (SSSR count). The van der Waals surface area contributed by atoms with Crippen LogP contribution in [0.1, 0.15) is 22.3 Å². The molecule has 17 heavy (non-hydrogen) atoms. The third-order valence-electron chi connectivity index (χ3n) is 2.76. The molecule has 0 saturated carbocycles. The first kappa shape index (κ1) is 12.6. The molecule has 88 valence electrons. The number of halogens is 1. The normalized spacial score (nSPS) is 10.6. The maximum Gasteiger partial charge on any atom is 0.358 e. The van der Waals surface area contributed by atoms with E-state index >= 15 is 0 Å². The summed E-state index contributed by atoms with van der Waals surface area (Å²) < 4.78 is 3.10. The highest BCUT2D eigenvalue weighted by atomic mass is 127. The van der Waals surface area contributed by atoms with E-state index in [0.29, 0.717) is 0 Å². The molecule has 0 amide bonds. The van der Waals surface area contributed by atoms with Crippen LogP contribution in [0.3, 0.4) is 0 Å². The van der Waals surface area contributed by atoms with Gasteiger partial charge in [-0.25, -0.2) is 0 Å². The minimum atomic E-state index is -0.0443. The van der Waals surface area contributed by atoms with Crippen LogP contribution < -0.4 is 21.2 Å². The van der Waals surface area contributed by atoms with E-state index in [-0.39, 0.29) is 21.2 Å². The van der Waals surface area contributed by atoms with Crippen LogP contribution in [0, 0.1) is 34.8 Å². The van der Waals surface area contributed by atoms with Gasteiger partial charge >= 0.3 is 21.2 Å². The Balaban J connectivity index is 2.36. The van der Waals surface area contributed by atoms with Gasteiger partial charge in [-0.2, -0.15) is 0 Å². The van der Waals surface area contributed by atoms with E-state index < -0.39 is 0 Å². The number of aryl methyl sites for hydroxylation is 4. The first-order valence-corrected chi connectivity index (χ1v) is 8.01. The van der Waals surface area contributed by atoms with Gasteiger partial charge in [-0.1, -0.05) is 29.8 Å². The second-order valence-electron chi connectivity index (χ2n) is 4.61. The van der Waals surface area contributed by atoms with E-state index in [4.69, 9.17) is 0 Å². The summed E-state index contributed by atoms with van der Waals surface area (Å²) in [7, 11) is 0. The lowest BCUT2D eigenvalue weighted by Gasteiger charge is -2.01. The van der Waals surface area contributed by atoms with Crippen molar-refractivity contribution in [1.29, 1.82) is 0 Å². The topological polar surface area (TPSA) is 0 Å². The quantitative estimate of drug-likeness (QED) is 0.719. The average Bonchev–Trinajstić information content (AvgIpc) is 2.23. The molecule has 0 aliphatic rings. The average molecular weight is 337 g/mol. The number of hydrogen-bond donors (Lipinski definition) is 0. The van der Waals surface area contributed by atoms with E-state index in [1.165, 1.54) is 25.8 Å². The van der Waals surface area contributed by atoms with Gasteiger partial charge in [-0.3, -0.25) is 0 Å². The van der Waals surface area contributed by atoms with Gasteiger partial charge in [0.1, 0.15) is 0 Å². The van der Waals surface area contributed by atoms with Gasteiger partial charge in [-0.05, 0) is 45.4 Å². The molecule has 0 aliphatic carbocycles. The lowest BCUT2D eigenvalue weighted by Crippen LogP contribution is -3.62. The highest BCUT2D eigenvalue weighted by Crippen LogP contribution is 2.07. The second-order valence-corrected chi connectivity index (χ2v) is 7.47. The molecule has 0 spiro atoms. The van der Waals surface area contributed by atoms with Gasteiger partial charge in [0.25, 0.3) is 0 Å². The van der Waals surface area contributed by atoms with Crippen LogP contribution in [-0.2, 0) is 0 Å². The maximum atomic E-state index is 2.33. The van der Waals surface area contributed by atoms with Crippen LogP contribution in [0.5, 0.6) is 0 Å². The molecule has 0 N–H and O–H groups in total. The molecule has 0 fully saturated rings. The largest absolute Gasteiger partial charge is 0.358 e. The van der Waals surface area contributed by atoms with Crippen LogP contribution in [0.15, 0.2) is 36.4 Å². The highest BCUT2D eigenvalue weighted by molar-refractivity contribution is 5.27. The SMILES string of the molecule is Cc1cccc([I+]c2c(C)cc(C)cc2C)c1. The lowest BCUT2D eigenvalue weighted by atomic mass is 10.1. The molecule has 0 aromatic heterocycles. The zero-order chi connectivity index (χ0) is 12.4. The molecule has 0 nitrogen and oxygen atoms in total. The van der Waals surface area contributed by atoms with Crippen molar-refractivity contribution >= 4 is 0 Å². The van der Waals surface area contributed by atoms with Crippen molar-refractivity contribution in [1.82, 2.24) is 0 Å². The fourth-order valence-corrected chi connectivity index (χ4v) is 4.90. The zero-order valence-electron chi connectivity index (χ0n) is 10.8. The Morgan fingerprint density at radius 3 is 2.00 bits per heavy atom. The third-order valence-corrected chi connectivity index (χ3v) is 6.30. The summed E-state index contributed by atoms with van der Waals surface area (Å²) in [4.78, 5) is 0. The van der Waals surface area contributed by atoms with Gasteiger partial charge in [0.15, 0.2) is 7.14 Å². The van der Waals surface area contributed by atoms with Crippen LogP contribution in [-0.4, -0.2) is 0 Å². The van der Waals surface area contributed by atoms with E-state index in [1.54, 1.807) is 3.57 Å². The maximum absolute atomic E-state index is 2.33. The molecule has 0 bridgehead atoms. The van der Waals surface area contributed by atoms with Crippen molar-refractivity contribution in [2.24, 2.45) is 0 Å². The predicted octanol–water partition coefficient (Wildman–Crippen LogP) is 1.05. The zero-order valence-corrected chi connectivity index (χ0v) is 13.0. The Bertz CT molecular complexity index is 518. The summed E-state index contributed by atoms with van der Waals surface area (Å²) in [6, 6.07) is 13.5.